The molecule has 2 fully saturated rings. The Balaban J connectivity index is 1.57. The van der Waals surface area contributed by atoms with E-state index in [0.717, 1.165) is 10.7 Å². The molecule has 0 unspecified atom stereocenters. The summed E-state index contributed by atoms with van der Waals surface area (Å²) in [7, 11) is 4.14. The smallest absolute Gasteiger partial charge is 0.0853 e. The van der Waals surface area contributed by atoms with Gasteiger partial charge in [-0.15, -0.1) is 0 Å². The predicted molar refractivity (Wildman–Crippen MR) is 98.8 cm³/mol. The van der Waals surface area contributed by atoms with E-state index >= 15 is 0 Å². The molecule has 0 bridgehead atoms. The number of nitrogens with zero attached hydrogens (tertiary/aromatic N) is 2. The zero-order chi connectivity index (χ0) is 16.2. The third-order valence-electron chi connectivity index (χ3n) is 5.29. The Morgan fingerprint density at radius 1 is 1.04 bits per heavy atom. The standard InChI is InChI=1S/C17H29ClN4S/c1-22(2)23-21-14-10-8-13(9-11-14)17-15(18)16(19-20-17)12-6-4-3-5-7-12/h12-14,21H,3-11H2,1-2H3,(H,19,20). The molecule has 0 saturated heterocycles. The molecule has 4 nitrogen and oxygen atoms in total. The lowest BCUT2D eigenvalue weighted by Crippen LogP contribution is -2.30. The maximum absolute atomic E-state index is 6.71. The Labute approximate surface area is 149 Å². The summed E-state index contributed by atoms with van der Waals surface area (Å²) in [5, 5.41) is 8.84. The zero-order valence-electron chi connectivity index (χ0n) is 14.3. The molecular formula is C17H29ClN4S. The molecule has 0 aliphatic heterocycles. The van der Waals surface area contributed by atoms with Gasteiger partial charge in [0.05, 0.1) is 16.4 Å². The number of hydrogen-bond acceptors (Lipinski definition) is 4. The minimum absolute atomic E-state index is 0.551. The maximum Gasteiger partial charge on any atom is 0.0853 e. The molecule has 2 aliphatic rings. The van der Waals surface area contributed by atoms with E-state index in [1.807, 2.05) is 0 Å². The summed E-state index contributed by atoms with van der Waals surface area (Å²) in [6.45, 7) is 0. The van der Waals surface area contributed by atoms with Crippen LogP contribution < -0.4 is 4.72 Å². The minimum atomic E-state index is 0.551. The highest BCUT2D eigenvalue weighted by atomic mass is 35.5. The third kappa shape index (κ3) is 4.44. The van der Waals surface area contributed by atoms with Crippen LogP contribution in [0.4, 0.5) is 0 Å². The number of H-pyrrole nitrogens is 1. The molecule has 3 rings (SSSR count). The van der Waals surface area contributed by atoms with Crippen LogP contribution >= 0.6 is 23.7 Å². The van der Waals surface area contributed by atoms with Gasteiger partial charge in [-0.3, -0.25) is 5.10 Å². The SMILES string of the molecule is CN(C)SNC1CCC(c2[nH]nc(C3CCCCC3)c2Cl)CC1. The van der Waals surface area contributed by atoms with Crippen molar-refractivity contribution < 1.29 is 0 Å². The monoisotopic (exact) mass is 356 g/mol. The van der Waals surface area contributed by atoms with E-state index in [9.17, 15) is 0 Å². The second-order valence-electron chi connectivity index (χ2n) is 7.24. The number of aromatic nitrogens is 2. The molecule has 2 saturated carbocycles. The summed E-state index contributed by atoms with van der Waals surface area (Å²) in [6, 6.07) is 0.609. The summed E-state index contributed by atoms with van der Waals surface area (Å²) in [5.41, 5.74) is 2.34. The van der Waals surface area contributed by atoms with E-state index in [1.165, 1.54) is 63.5 Å². The van der Waals surface area contributed by atoms with Gasteiger partial charge in [0.2, 0.25) is 0 Å². The summed E-state index contributed by atoms with van der Waals surface area (Å²) in [4.78, 5) is 0. The van der Waals surface area contributed by atoms with E-state index < -0.39 is 0 Å². The average molecular weight is 357 g/mol. The van der Waals surface area contributed by atoms with E-state index in [1.54, 1.807) is 12.1 Å². The van der Waals surface area contributed by atoms with Crippen molar-refractivity contribution in [3.8, 4) is 0 Å². The molecule has 2 N–H and O–H groups in total. The molecule has 1 heterocycles. The number of hydrogen-bond donors (Lipinski definition) is 2. The normalized spacial score (nSPS) is 26.8. The largest absolute Gasteiger partial charge is 0.280 e. The van der Waals surface area contributed by atoms with Crippen LogP contribution in [-0.4, -0.2) is 34.6 Å². The Hall–Kier alpha value is -0.230. The topological polar surface area (TPSA) is 44.0 Å². The first kappa shape index (κ1) is 17.6. The Bertz CT molecular complexity index is 491. The molecule has 23 heavy (non-hydrogen) atoms. The van der Waals surface area contributed by atoms with Crippen molar-refractivity contribution in [1.29, 1.82) is 0 Å². The zero-order valence-corrected chi connectivity index (χ0v) is 15.8. The van der Waals surface area contributed by atoms with Crippen LogP contribution in [0, 0.1) is 0 Å². The van der Waals surface area contributed by atoms with Gasteiger partial charge in [-0.25, -0.2) is 9.03 Å². The highest BCUT2D eigenvalue weighted by Gasteiger charge is 2.29. The van der Waals surface area contributed by atoms with Crippen molar-refractivity contribution in [2.75, 3.05) is 14.1 Å². The molecule has 1 aromatic heterocycles. The first-order valence-electron chi connectivity index (χ1n) is 8.98. The van der Waals surface area contributed by atoms with Gasteiger partial charge < -0.3 is 0 Å². The highest BCUT2D eigenvalue weighted by Crippen LogP contribution is 2.41. The fourth-order valence-corrected chi connectivity index (χ4v) is 4.94. The summed E-state index contributed by atoms with van der Waals surface area (Å²) in [6.07, 6.45) is 11.3. The van der Waals surface area contributed by atoms with Gasteiger partial charge >= 0.3 is 0 Å². The summed E-state index contributed by atoms with van der Waals surface area (Å²) >= 11 is 8.41. The van der Waals surface area contributed by atoms with Gasteiger partial charge in [-0.1, -0.05) is 30.9 Å². The van der Waals surface area contributed by atoms with Crippen LogP contribution in [-0.2, 0) is 0 Å². The predicted octanol–water partition coefficient (Wildman–Crippen LogP) is 4.85. The van der Waals surface area contributed by atoms with Crippen molar-refractivity contribution >= 4 is 23.7 Å². The number of nitrogens with one attached hydrogen (secondary N) is 2. The van der Waals surface area contributed by atoms with Gasteiger partial charge in [0.25, 0.3) is 0 Å². The fraction of sp³-hybridized carbons (Fsp3) is 0.824. The van der Waals surface area contributed by atoms with Gasteiger partial charge in [-0.05, 0) is 52.6 Å². The van der Waals surface area contributed by atoms with E-state index in [-0.39, 0.29) is 0 Å². The van der Waals surface area contributed by atoms with Crippen LogP contribution in [0.25, 0.3) is 0 Å². The van der Waals surface area contributed by atoms with Crippen molar-refractivity contribution in [3.05, 3.63) is 16.4 Å². The number of aromatic amines is 1. The molecule has 0 amide bonds. The van der Waals surface area contributed by atoms with Crippen molar-refractivity contribution in [1.82, 2.24) is 19.2 Å². The summed E-state index contributed by atoms with van der Waals surface area (Å²) < 4.78 is 5.65. The Morgan fingerprint density at radius 3 is 2.39 bits per heavy atom. The second kappa shape index (κ2) is 8.24. The van der Waals surface area contributed by atoms with Gasteiger partial charge in [0, 0.05) is 30.0 Å². The molecule has 0 spiro atoms. The van der Waals surface area contributed by atoms with Crippen LogP contribution in [0.3, 0.4) is 0 Å². The minimum Gasteiger partial charge on any atom is -0.280 e. The van der Waals surface area contributed by atoms with Gasteiger partial charge in [0.15, 0.2) is 0 Å². The van der Waals surface area contributed by atoms with Gasteiger partial charge in [-0.2, -0.15) is 5.10 Å². The highest BCUT2D eigenvalue weighted by molar-refractivity contribution is 7.95. The molecule has 130 valence electrons. The van der Waals surface area contributed by atoms with Crippen molar-refractivity contribution in [2.24, 2.45) is 0 Å². The first-order valence-corrected chi connectivity index (χ1v) is 10.1. The van der Waals surface area contributed by atoms with Crippen molar-refractivity contribution in [2.45, 2.75) is 75.7 Å². The molecule has 2 aliphatic carbocycles. The Kier molecular flexibility index (Phi) is 6.30. The quantitative estimate of drug-likeness (QED) is 0.740. The summed E-state index contributed by atoms with van der Waals surface area (Å²) in [5.74, 6) is 1.13. The molecule has 0 radical (unpaired) electrons. The van der Waals surface area contributed by atoms with E-state index in [4.69, 9.17) is 11.6 Å². The molecule has 6 heteroatoms. The van der Waals surface area contributed by atoms with Crippen molar-refractivity contribution in [3.63, 3.8) is 0 Å². The molecule has 1 aromatic rings. The van der Waals surface area contributed by atoms with Crippen LogP contribution in [0.2, 0.25) is 5.02 Å². The molecule has 0 aromatic carbocycles. The third-order valence-corrected chi connectivity index (χ3v) is 6.49. The molecular weight excluding hydrogens is 328 g/mol. The van der Waals surface area contributed by atoms with Crippen LogP contribution in [0.5, 0.6) is 0 Å². The lowest BCUT2D eigenvalue weighted by atomic mass is 9.83. The van der Waals surface area contributed by atoms with Gasteiger partial charge in [0.1, 0.15) is 0 Å². The number of rotatable bonds is 5. The van der Waals surface area contributed by atoms with Crippen LogP contribution in [0.1, 0.15) is 81.0 Å². The maximum atomic E-state index is 6.71. The van der Waals surface area contributed by atoms with E-state index in [0.29, 0.717) is 17.9 Å². The average Bonchev–Trinajstić information content (AvgIpc) is 2.96. The van der Waals surface area contributed by atoms with E-state index in [2.05, 4.69) is 33.3 Å². The van der Waals surface area contributed by atoms with Crippen LogP contribution in [0.15, 0.2) is 0 Å². The first-order chi connectivity index (χ1) is 11.1. The fourth-order valence-electron chi connectivity index (χ4n) is 3.95. The Morgan fingerprint density at radius 2 is 1.74 bits per heavy atom. The second-order valence-corrected chi connectivity index (χ2v) is 8.77. The lowest BCUT2D eigenvalue weighted by Gasteiger charge is -2.29. The molecule has 0 atom stereocenters. The number of halogens is 1. The lowest BCUT2D eigenvalue weighted by molar-refractivity contribution is 0.375.